The Morgan fingerprint density at radius 1 is 1.36 bits per heavy atom. The van der Waals surface area contributed by atoms with E-state index < -0.39 is 11.5 Å². The van der Waals surface area contributed by atoms with Crippen LogP contribution in [0.2, 0.25) is 0 Å². The predicted octanol–water partition coefficient (Wildman–Crippen LogP) is 2.42. The van der Waals surface area contributed by atoms with Crippen LogP contribution in [0.25, 0.3) is 11.0 Å². The topological polar surface area (TPSA) is 86.4 Å². The Morgan fingerprint density at radius 2 is 2.24 bits per heavy atom. The van der Waals surface area contributed by atoms with E-state index >= 15 is 0 Å². The molecule has 1 aliphatic rings. The van der Waals surface area contributed by atoms with Crippen LogP contribution in [0.4, 0.5) is 5.69 Å². The fourth-order valence-electron chi connectivity index (χ4n) is 2.94. The maximum Gasteiger partial charge on any atom is 0.349 e. The van der Waals surface area contributed by atoms with Gasteiger partial charge in [0.25, 0.3) is 5.91 Å². The highest BCUT2D eigenvalue weighted by Crippen LogP contribution is 2.16. The van der Waals surface area contributed by atoms with Gasteiger partial charge in [-0.25, -0.2) is 4.79 Å². The Balaban J connectivity index is 1.51. The van der Waals surface area contributed by atoms with Crippen LogP contribution in [0.15, 0.2) is 51.9 Å². The molecule has 0 spiro atoms. The second kappa shape index (κ2) is 6.52. The summed E-state index contributed by atoms with van der Waals surface area (Å²) in [5, 5.41) is 7.60. The lowest BCUT2D eigenvalue weighted by Gasteiger charge is -2.08. The molecule has 0 radical (unpaired) electrons. The Morgan fingerprint density at radius 3 is 3.08 bits per heavy atom. The molecule has 1 N–H and O–H groups in total. The van der Waals surface area contributed by atoms with Crippen molar-refractivity contribution in [3.8, 4) is 0 Å². The molecule has 0 bridgehead atoms. The van der Waals surface area contributed by atoms with E-state index in [-0.39, 0.29) is 11.7 Å². The zero-order valence-electron chi connectivity index (χ0n) is 13.5. The zero-order valence-corrected chi connectivity index (χ0v) is 13.5. The number of anilines is 1. The van der Waals surface area contributed by atoms with Gasteiger partial charge >= 0.3 is 5.63 Å². The van der Waals surface area contributed by atoms with Crippen LogP contribution in [0.1, 0.15) is 23.2 Å². The molecular weight excluding hydrogens is 322 g/mol. The Hall–Kier alpha value is -2.93. The van der Waals surface area contributed by atoms with Crippen molar-refractivity contribution in [1.82, 2.24) is 9.78 Å². The second-order valence-electron chi connectivity index (χ2n) is 6.03. The minimum atomic E-state index is -0.664. The number of para-hydroxylation sites is 1. The van der Waals surface area contributed by atoms with Gasteiger partial charge in [0, 0.05) is 18.2 Å². The predicted molar refractivity (Wildman–Crippen MR) is 91.6 cm³/mol. The lowest BCUT2D eigenvalue weighted by atomic mass is 10.2. The summed E-state index contributed by atoms with van der Waals surface area (Å²) in [5.74, 6) is -0.517. The van der Waals surface area contributed by atoms with Crippen molar-refractivity contribution in [3.05, 3.63) is 58.7 Å². The zero-order chi connectivity index (χ0) is 17.2. The Labute approximate surface area is 143 Å². The van der Waals surface area contributed by atoms with Crippen molar-refractivity contribution >= 4 is 22.6 Å². The lowest BCUT2D eigenvalue weighted by Crippen LogP contribution is -2.20. The van der Waals surface area contributed by atoms with Gasteiger partial charge in [-0.2, -0.15) is 5.10 Å². The van der Waals surface area contributed by atoms with Crippen LogP contribution in [0.3, 0.4) is 0 Å². The number of rotatable bonds is 4. The molecule has 0 aliphatic carbocycles. The molecule has 1 saturated heterocycles. The smallest absolute Gasteiger partial charge is 0.349 e. The van der Waals surface area contributed by atoms with E-state index in [1.165, 1.54) is 6.07 Å². The van der Waals surface area contributed by atoms with Crippen molar-refractivity contribution in [3.63, 3.8) is 0 Å². The van der Waals surface area contributed by atoms with Gasteiger partial charge in [0.05, 0.1) is 24.5 Å². The van der Waals surface area contributed by atoms with Crippen LogP contribution in [-0.2, 0) is 11.3 Å². The van der Waals surface area contributed by atoms with Crippen molar-refractivity contribution in [2.75, 3.05) is 11.9 Å². The summed E-state index contributed by atoms with van der Waals surface area (Å²) in [6.07, 6.45) is 5.51. The molecule has 0 saturated carbocycles. The van der Waals surface area contributed by atoms with Gasteiger partial charge in [0.2, 0.25) is 0 Å². The highest BCUT2D eigenvalue weighted by molar-refractivity contribution is 6.05. The number of carbonyl (C=O) groups excluding carboxylic acids is 1. The quantitative estimate of drug-likeness (QED) is 0.738. The van der Waals surface area contributed by atoms with E-state index in [9.17, 15) is 9.59 Å². The van der Waals surface area contributed by atoms with Gasteiger partial charge in [0.15, 0.2) is 0 Å². The van der Waals surface area contributed by atoms with Crippen LogP contribution < -0.4 is 10.9 Å². The van der Waals surface area contributed by atoms with Crippen LogP contribution in [-0.4, -0.2) is 28.4 Å². The number of amides is 1. The SMILES string of the molecule is O=C(Nc1cnn(C[C@H]2CCCO2)c1)c1cc2ccccc2oc1=O. The summed E-state index contributed by atoms with van der Waals surface area (Å²) in [6.45, 7) is 1.43. The Bertz CT molecular complexity index is 970. The first kappa shape index (κ1) is 15.6. The van der Waals surface area contributed by atoms with Gasteiger partial charge in [-0.05, 0) is 25.0 Å². The first-order valence-corrected chi connectivity index (χ1v) is 8.17. The number of benzene rings is 1. The minimum Gasteiger partial charge on any atom is -0.422 e. The number of hydrogen-bond donors (Lipinski definition) is 1. The maximum atomic E-state index is 12.4. The highest BCUT2D eigenvalue weighted by atomic mass is 16.5. The van der Waals surface area contributed by atoms with E-state index in [4.69, 9.17) is 9.15 Å². The third-order valence-corrected chi connectivity index (χ3v) is 4.19. The average molecular weight is 339 g/mol. The van der Waals surface area contributed by atoms with Crippen molar-refractivity contribution in [2.24, 2.45) is 0 Å². The minimum absolute atomic E-state index is 0.0365. The normalized spacial score (nSPS) is 17.0. The molecular formula is C18H17N3O4. The number of aromatic nitrogens is 2. The molecule has 7 nitrogen and oxygen atoms in total. The molecule has 1 atom stereocenters. The summed E-state index contributed by atoms with van der Waals surface area (Å²) in [7, 11) is 0. The van der Waals surface area contributed by atoms with E-state index in [0.717, 1.165) is 19.4 Å². The molecule has 1 fully saturated rings. The number of carbonyl (C=O) groups is 1. The molecule has 128 valence electrons. The fraction of sp³-hybridized carbons (Fsp3) is 0.278. The van der Waals surface area contributed by atoms with Gasteiger partial charge in [-0.3, -0.25) is 9.48 Å². The molecule has 4 rings (SSSR count). The number of hydrogen-bond acceptors (Lipinski definition) is 5. The second-order valence-corrected chi connectivity index (χ2v) is 6.03. The van der Waals surface area contributed by atoms with E-state index in [1.54, 1.807) is 35.3 Å². The summed E-state index contributed by atoms with van der Waals surface area (Å²) < 4.78 is 12.5. The molecule has 7 heteroatoms. The molecule has 3 heterocycles. The first-order valence-electron chi connectivity index (χ1n) is 8.17. The summed E-state index contributed by atoms with van der Waals surface area (Å²) >= 11 is 0. The Kier molecular flexibility index (Phi) is 4.07. The number of nitrogens with one attached hydrogen (secondary N) is 1. The maximum absolute atomic E-state index is 12.4. The summed E-state index contributed by atoms with van der Waals surface area (Å²) in [4.78, 5) is 24.4. The van der Waals surface area contributed by atoms with E-state index in [0.29, 0.717) is 23.2 Å². The molecule has 25 heavy (non-hydrogen) atoms. The summed E-state index contributed by atoms with van der Waals surface area (Å²) in [5.41, 5.74) is 0.275. The molecule has 0 unspecified atom stereocenters. The molecule has 3 aromatic rings. The first-order chi connectivity index (χ1) is 12.2. The molecule has 2 aromatic heterocycles. The van der Waals surface area contributed by atoms with Crippen molar-refractivity contribution in [2.45, 2.75) is 25.5 Å². The molecule has 1 aromatic carbocycles. The van der Waals surface area contributed by atoms with Gasteiger partial charge < -0.3 is 14.5 Å². The van der Waals surface area contributed by atoms with Crippen LogP contribution in [0.5, 0.6) is 0 Å². The van der Waals surface area contributed by atoms with Gasteiger partial charge in [0.1, 0.15) is 11.1 Å². The van der Waals surface area contributed by atoms with Crippen LogP contribution >= 0.6 is 0 Å². The van der Waals surface area contributed by atoms with Crippen molar-refractivity contribution in [1.29, 1.82) is 0 Å². The van der Waals surface area contributed by atoms with Crippen LogP contribution in [0, 0.1) is 0 Å². The van der Waals surface area contributed by atoms with E-state index in [2.05, 4.69) is 10.4 Å². The number of fused-ring (bicyclic) bond motifs is 1. The number of nitrogens with zero attached hydrogens (tertiary/aromatic N) is 2. The largest absolute Gasteiger partial charge is 0.422 e. The van der Waals surface area contributed by atoms with E-state index in [1.807, 2.05) is 6.07 Å². The lowest BCUT2D eigenvalue weighted by molar-refractivity contribution is 0.0940. The standard InChI is InChI=1S/C18H17N3O4/c22-17(15-8-12-4-1-2-6-16(12)25-18(15)23)20-13-9-19-21(10-13)11-14-5-3-7-24-14/h1-2,4,6,8-10,14H,3,5,7,11H2,(H,20,22)/t14-/m1/s1. The third-order valence-electron chi connectivity index (χ3n) is 4.19. The van der Waals surface area contributed by atoms with Gasteiger partial charge in [-0.15, -0.1) is 0 Å². The fourth-order valence-corrected chi connectivity index (χ4v) is 2.94. The monoisotopic (exact) mass is 339 g/mol. The number of ether oxygens (including phenoxy) is 1. The average Bonchev–Trinajstić information content (AvgIpc) is 3.27. The molecule has 1 amide bonds. The summed E-state index contributed by atoms with van der Waals surface area (Å²) in [6, 6.07) is 8.60. The molecule has 1 aliphatic heterocycles. The highest BCUT2D eigenvalue weighted by Gasteiger charge is 2.18. The third kappa shape index (κ3) is 3.32. The van der Waals surface area contributed by atoms with Crippen molar-refractivity contribution < 1.29 is 13.9 Å². The van der Waals surface area contributed by atoms with Gasteiger partial charge in [-0.1, -0.05) is 18.2 Å².